The lowest BCUT2D eigenvalue weighted by Crippen LogP contribution is -2.17. The van der Waals surface area contributed by atoms with Gasteiger partial charge in [-0.15, -0.1) is 0 Å². The second-order valence-electron chi connectivity index (χ2n) is 6.27. The van der Waals surface area contributed by atoms with E-state index in [-0.39, 0.29) is 0 Å². The van der Waals surface area contributed by atoms with Gasteiger partial charge in [-0.3, -0.25) is 0 Å². The van der Waals surface area contributed by atoms with Crippen LogP contribution in [-0.2, 0) is 17.6 Å². The number of methoxy groups -OCH3 is 1. The van der Waals surface area contributed by atoms with Gasteiger partial charge < -0.3 is 9.84 Å². The number of nitrogens with zero attached hydrogens (tertiary/aromatic N) is 3. The fourth-order valence-electron chi connectivity index (χ4n) is 3.24. The van der Waals surface area contributed by atoms with Crippen molar-refractivity contribution in [1.29, 1.82) is 0 Å². The van der Waals surface area contributed by atoms with E-state index in [0.717, 1.165) is 30.1 Å². The molecule has 0 saturated heterocycles. The van der Waals surface area contributed by atoms with Crippen LogP contribution in [0.25, 0.3) is 0 Å². The third-order valence-corrected chi connectivity index (χ3v) is 4.49. The van der Waals surface area contributed by atoms with E-state index in [1.54, 1.807) is 19.2 Å². The van der Waals surface area contributed by atoms with E-state index in [2.05, 4.69) is 4.68 Å². The van der Waals surface area contributed by atoms with E-state index in [4.69, 9.17) is 14.8 Å². The fraction of sp³-hybridized carbons (Fsp3) is 0.556. The molecule has 0 unspecified atom stereocenters. The van der Waals surface area contributed by atoms with Crippen molar-refractivity contribution < 1.29 is 9.84 Å². The third kappa shape index (κ3) is 4.10. The Kier molecular flexibility index (Phi) is 5.28. The van der Waals surface area contributed by atoms with Gasteiger partial charge in [-0.05, 0) is 30.5 Å². The molecule has 0 aliphatic heterocycles. The Bertz CT molecular complexity index is 616. The van der Waals surface area contributed by atoms with Gasteiger partial charge >= 0.3 is 0 Å². The molecule has 1 N–H and O–H groups in total. The minimum Gasteiger partial charge on any atom is -0.508 e. The van der Waals surface area contributed by atoms with Crippen LogP contribution in [0, 0.1) is 0 Å². The highest BCUT2D eigenvalue weighted by Crippen LogP contribution is 2.29. The van der Waals surface area contributed by atoms with Crippen LogP contribution in [0.5, 0.6) is 5.75 Å². The molecule has 1 saturated carbocycles. The van der Waals surface area contributed by atoms with Crippen LogP contribution < -0.4 is 0 Å². The Labute approximate surface area is 137 Å². The molecular weight excluding hydrogens is 290 g/mol. The van der Waals surface area contributed by atoms with Crippen molar-refractivity contribution >= 4 is 0 Å². The number of benzene rings is 1. The van der Waals surface area contributed by atoms with Gasteiger partial charge in [-0.25, -0.2) is 9.67 Å². The van der Waals surface area contributed by atoms with Crippen LogP contribution in [-0.4, -0.2) is 33.6 Å². The normalized spacial score (nSPS) is 15.9. The van der Waals surface area contributed by atoms with Crippen molar-refractivity contribution in [2.45, 2.75) is 51.0 Å². The van der Waals surface area contributed by atoms with Gasteiger partial charge in [0.25, 0.3) is 0 Å². The molecule has 0 bridgehead atoms. The van der Waals surface area contributed by atoms with E-state index in [1.165, 1.54) is 32.1 Å². The van der Waals surface area contributed by atoms with Gasteiger partial charge in [0, 0.05) is 20.0 Å². The molecule has 1 aromatic carbocycles. The summed E-state index contributed by atoms with van der Waals surface area (Å²) in [4.78, 5) is 4.75. The van der Waals surface area contributed by atoms with E-state index >= 15 is 0 Å². The number of rotatable bonds is 6. The van der Waals surface area contributed by atoms with E-state index in [1.807, 2.05) is 12.1 Å². The van der Waals surface area contributed by atoms with Gasteiger partial charge in [-0.2, -0.15) is 5.10 Å². The zero-order chi connectivity index (χ0) is 16.1. The standard InChI is InChI=1S/C18H25N3O2/c1-23-12-11-17-19-18(13-14-7-9-16(22)10-8-14)21(20-17)15-5-3-2-4-6-15/h7-10,15,22H,2-6,11-13H2,1H3. The summed E-state index contributed by atoms with van der Waals surface area (Å²) >= 11 is 0. The topological polar surface area (TPSA) is 60.2 Å². The Hall–Kier alpha value is -1.88. The average Bonchev–Trinajstić information content (AvgIpc) is 2.98. The van der Waals surface area contributed by atoms with Crippen molar-refractivity contribution in [3.8, 4) is 5.75 Å². The number of ether oxygens (including phenoxy) is 1. The Morgan fingerprint density at radius 3 is 2.61 bits per heavy atom. The summed E-state index contributed by atoms with van der Waals surface area (Å²) in [5.74, 6) is 2.18. The van der Waals surface area contributed by atoms with Crippen LogP contribution in [0.2, 0.25) is 0 Å². The van der Waals surface area contributed by atoms with Crippen LogP contribution in [0.3, 0.4) is 0 Å². The number of aromatic nitrogens is 3. The molecule has 23 heavy (non-hydrogen) atoms. The molecule has 0 amide bonds. The van der Waals surface area contributed by atoms with Crippen molar-refractivity contribution in [1.82, 2.24) is 14.8 Å². The highest BCUT2D eigenvalue weighted by atomic mass is 16.5. The molecular formula is C18H25N3O2. The predicted octanol–water partition coefficient (Wildman–Crippen LogP) is 3.27. The lowest BCUT2D eigenvalue weighted by Gasteiger charge is -2.23. The highest BCUT2D eigenvalue weighted by molar-refractivity contribution is 5.27. The lowest BCUT2D eigenvalue weighted by molar-refractivity contribution is 0.200. The number of hydrogen-bond donors (Lipinski definition) is 1. The van der Waals surface area contributed by atoms with Crippen molar-refractivity contribution in [2.24, 2.45) is 0 Å². The van der Waals surface area contributed by atoms with Crippen molar-refractivity contribution in [2.75, 3.05) is 13.7 Å². The van der Waals surface area contributed by atoms with Gasteiger partial charge in [0.2, 0.25) is 0 Å². The lowest BCUT2D eigenvalue weighted by atomic mass is 9.95. The molecule has 3 rings (SSSR count). The average molecular weight is 315 g/mol. The Balaban J connectivity index is 1.82. The molecule has 1 heterocycles. The summed E-state index contributed by atoms with van der Waals surface area (Å²) < 4.78 is 7.30. The first-order valence-corrected chi connectivity index (χ1v) is 8.47. The van der Waals surface area contributed by atoms with Gasteiger partial charge in [0.1, 0.15) is 11.6 Å². The number of phenolic OH excluding ortho intramolecular Hbond substituents is 1. The van der Waals surface area contributed by atoms with Crippen molar-refractivity contribution in [3.05, 3.63) is 41.5 Å². The third-order valence-electron chi connectivity index (χ3n) is 4.49. The Morgan fingerprint density at radius 2 is 1.91 bits per heavy atom. The molecule has 5 nitrogen and oxygen atoms in total. The van der Waals surface area contributed by atoms with Crippen LogP contribution in [0.4, 0.5) is 0 Å². The van der Waals surface area contributed by atoms with E-state index in [0.29, 0.717) is 18.4 Å². The second-order valence-corrected chi connectivity index (χ2v) is 6.27. The SMILES string of the molecule is COCCc1nc(Cc2ccc(O)cc2)n(C2CCCCC2)n1. The first-order chi connectivity index (χ1) is 11.3. The number of hydrogen-bond acceptors (Lipinski definition) is 4. The largest absolute Gasteiger partial charge is 0.508 e. The van der Waals surface area contributed by atoms with Crippen LogP contribution >= 0.6 is 0 Å². The second kappa shape index (κ2) is 7.59. The number of aromatic hydroxyl groups is 1. The summed E-state index contributed by atoms with van der Waals surface area (Å²) in [7, 11) is 1.70. The minimum atomic E-state index is 0.295. The predicted molar refractivity (Wildman–Crippen MR) is 88.6 cm³/mol. The molecule has 1 aromatic heterocycles. The summed E-state index contributed by atoms with van der Waals surface area (Å²) in [5, 5.41) is 14.2. The summed E-state index contributed by atoms with van der Waals surface area (Å²) in [6.07, 6.45) is 7.75. The highest BCUT2D eigenvalue weighted by Gasteiger charge is 2.21. The van der Waals surface area contributed by atoms with E-state index in [9.17, 15) is 5.11 Å². The first kappa shape index (κ1) is 16.0. The molecule has 124 valence electrons. The minimum absolute atomic E-state index is 0.295. The van der Waals surface area contributed by atoms with Crippen molar-refractivity contribution in [3.63, 3.8) is 0 Å². The fourth-order valence-corrected chi connectivity index (χ4v) is 3.24. The molecule has 1 fully saturated rings. The zero-order valence-corrected chi connectivity index (χ0v) is 13.7. The number of phenols is 1. The molecule has 0 radical (unpaired) electrons. The maximum Gasteiger partial charge on any atom is 0.153 e. The van der Waals surface area contributed by atoms with Gasteiger partial charge in [-0.1, -0.05) is 31.4 Å². The van der Waals surface area contributed by atoms with Gasteiger partial charge in [0.05, 0.1) is 12.6 Å². The first-order valence-electron chi connectivity index (χ1n) is 8.47. The maximum atomic E-state index is 9.44. The summed E-state index contributed by atoms with van der Waals surface area (Å²) in [5.41, 5.74) is 1.14. The quantitative estimate of drug-likeness (QED) is 0.889. The summed E-state index contributed by atoms with van der Waals surface area (Å²) in [6, 6.07) is 7.82. The smallest absolute Gasteiger partial charge is 0.153 e. The zero-order valence-electron chi connectivity index (χ0n) is 13.7. The molecule has 0 spiro atoms. The monoisotopic (exact) mass is 315 g/mol. The van der Waals surface area contributed by atoms with Crippen LogP contribution in [0.15, 0.2) is 24.3 Å². The molecule has 0 atom stereocenters. The van der Waals surface area contributed by atoms with Gasteiger partial charge in [0.15, 0.2) is 5.82 Å². The Morgan fingerprint density at radius 1 is 1.17 bits per heavy atom. The molecule has 1 aliphatic rings. The summed E-state index contributed by atoms with van der Waals surface area (Å²) in [6.45, 7) is 0.646. The van der Waals surface area contributed by atoms with Crippen LogP contribution in [0.1, 0.15) is 55.4 Å². The maximum absolute atomic E-state index is 9.44. The molecule has 2 aromatic rings. The molecule has 1 aliphatic carbocycles. The molecule has 5 heteroatoms. The van der Waals surface area contributed by atoms with E-state index < -0.39 is 0 Å².